The van der Waals surface area contributed by atoms with E-state index >= 15 is 0 Å². The van der Waals surface area contributed by atoms with Crippen LogP contribution in [-0.2, 0) is 19.1 Å². The molecule has 7 heteroatoms. The lowest BCUT2D eigenvalue weighted by Crippen LogP contribution is -2.40. The SMILES string of the molecule is O=C(CCCCCN1C(=O)[C@@H]2[C@H]3C=C[C@@H]([C@@H]4C[C@@H]34)[C@@H]2C1=O)OCC(=O)c1ccc(Cl)cc1. The molecule has 1 aromatic rings. The fourth-order valence-electron chi connectivity index (χ4n) is 5.89. The molecule has 6 atom stereocenters. The minimum Gasteiger partial charge on any atom is -0.457 e. The molecule has 2 bridgehead atoms. The monoisotopic (exact) mass is 455 g/mol. The summed E-state index contributed by atoms with van der Waals surface area (Å²) in [6.45, 7) is 0.127. The fourth-order valence-corrected chi connectivity index (χ4v) is 6.02. The molecule has 5 aliphatic rings. The summed E-state index contributed by atoms with van der Waals surface area (Å²) in [6, 6.07) is 6.43. The number of carbonyl (C=O) groups excluding carboxylic acids is 4. The van der Waals surface area contributed by atoms with Gasteiger partial charge in [0.05, 0.1) is 11.8 Å². The maximum absolute atomic E-state index is 12.9. The summed E-state index contributed by atoms with van der Waals surface area (Å²) in [7, 11) is 0. The minimum atomic E-state index is -0.423. The summed E-state index contributed by atoms with van der Waals surface area (Å²) in [5, 5.41) is 0.537. The average molecular weight is 456 g/mol. The number of Topliss-reactive ketones (excluding diaryl/α,β-unsaturated/α-hetero) is 1. The van der Waals surface area contributed by atoms with Crippen molar-refractivity contribution in [2.75, 3.05) is 13.2 Å². The minimum absolute atomic E-state index is 0.00446. The Bertz CT molecular complexity index is 951. The topological polar surface area (TPSA) is 80.8 Å². The van der Waals surface area contributed by atoms with E-state index < -0.39 is 5.97 Å². The number of carbonyl (C=O) groups is 4. The van der Waals surface area contributed by atoms with Gasteiger partial charge in [0.25, 0.3) is 0 Å². The number of unbranched alkanes of at least 4 members (excludes halogenated alkanes) is 2. The lowest BCUT2D eigenvalue weighted by atomic mass is 9.63. The molecule has 0 N–H and O–H groups in total. The Labute approximate surface area is 191 Å². The first-order valence-corrected chi connectivity index (χ1v) is 11.8. The highest BCUT2D eigenvalue weighted by Crippen LogP contribution is 2.65. The predicted molar refractivity (Wildman–Crippen MR) is 117 cm³/mol. The normalized spacial score (nSPS) is 31.5. The van der Waals surface area contributed by atoms with E-state index in [0.717, 1.165) is 6.42 Å². The zero-order chi connectivity index (χ0) is 22.4. The molecule has 32 heavy (non-hydrogen) atoms. The van der Waals surface area contributed by atoms with Gasteiger partial charge in [0.2, 0.25) is 11.8 Å². The maximum Gasteiger partial charge on any atom is 0.306 e. The van der Waals surface area contributed by atoms with Crippen molar-refractivity contribution < 1.29 is 23.9 Å². The van der Waals surface area contributed by atoms with Crippen LogP contribution >= 0.6 is 11.6 Å². The Hall–Kier alpha value is -2.47. The van der Waals surface area contributed by atoms with Crippen molar-refractivity contribution in [2.45, 2.75) is 32.1 Å². The lowest BCUT2D eigenvalue weighted by Gasteiger charge is -2.37. The lowest BCUT2D eigenvalue weighted by molar-refractivity contribution is -0.143. The third-order valence-electron chi connectivity index (χ3n) is 7.55. The highest BCUT2D eigenvalue weighted by Gasteiger charge is 2.66. The number of halogens is 1. The average Bonchev–Trinajstić information content (AvgIpc) is 3.57. The van der Waals surface area contributed by atoms with Gasteiger partial charge >= 0.3 is 5.97 Å². The molecule has 1 heterocycles. The number of esters is 1. The zero-order valence-corrected chi connectivity index (χ0v) is 18.5. The van der Waals surface area contributed by atoms with Gasteiger partial charge in [0, 0.05) is 23.6 Å². The van der Waals surface area contributed by atoms with Crippen LogP contribution in [0.2, 0.25) is 5.02 Å². The Morgan fingerprint density at radius 3 is 2.19 bits per heavy atom. The molecule has 0 radical (unpaired) electrons. The molecule has 2 amide bonds. The summed E-state index contributed by atoms with van der Waals surface area (Å²) in [6.07, 6.45) is 7.70. The van der Waals surface area contributed by atoms with Crippen LogP contribution in [-0.4, -0.2) is 41.6 Å². The number of benzene rings is 1. The molecule has 6 rings (SSSR count). The number of hydrogen-bond donors (Lipinski definition) is 0. The van der Waals surface area contributed by atoms with E-state index in [0.29, 0.717) is 48.2 Å². The molecule has 0 aromatic heterocycles. The molecule has 1 aliphatic heterocycles. The molecule has 1 aromatic carbocycles. The van der Waals surface area contributed by atoms with Crippen LogP contribution in [0.5, 0.6) is 0 Å². The number of nitrogens with zero attached hydrogens (tertiary/aromatic N) is 1. The predicted octanol–water partition coefficient (Wildman–Crippen LogP) is 3.68. The Morgan fingerprint density at radius 1 is 0.938 bits per heavy atom. The number of amides is 2. The second kappa shape index (κ2) is 8.47. The third kappa shape index (κ3) is 3.79. The summed E-state index contributed by atoms with van der Waals surface area (Å²) in [5.74, 6) is 0.750. The van der Waals surface area contributed by atoms with Crippen molar-refractivity contribution in [3.63, 3.8) is 0 Å². The van der Waals surface area contributed by atoms with Crippen molar-refractivity contribution in [3.05, 3.63) is 47.0 Å². The molecular weight excluding hydrogens is 430 g/mol. The van der Waals surface area contributed by atoms with Crippen LogP contribution in [0.15, 0.2) is 36.4 Å². The van der Waals surface area contributed by atoms with E-state index in [4.69, 9.17) is 16.3 Å². The summed E-state index contributed by atoms with van der Waals surface area (Å²) in [4.78, 5) is 51.3. The molecule has 2 saturated carbocycles. The molecule has 1 saturated heterocycles. The summed E-state index contributed by atoms with van der Waals surface area (Å²) in [5.41, 5.74) is 0.448. The van der Waals surface area contributed by atoms with Crippen LogP contribution in [0.4, 0.5) is 0 Å². The Balaban J connectivity index is 1.02. The van der Waals surface area contributed by atoms with Crippen LogP contribution in [0.25, 0.3) is 0 Å². The van der Waals surface area contributed by atoms with Gasteiger partial charge in [0.15, 0.2) is 12.4 Å². The molecule has 0 unspecified atom stereocenters. The van der Waals surface area contributed by atoms with Gasteiger partial charge < -0.3 is 4.74 Å². The van der Waals surface area contributed by atoms with Crippen LogP contribution in [0.3, 0.4) is 0 Å². The molecule has 3 fully saturated rings. The summed E-state index contributed by atoms with van der Waals surface area (Å²) < 4.78 is 5.06. The van der Waals surface area contributed by atoms with Crippen molar-refractivity contribution >= 4 is 35.2 Å². The third-order valence-corrected chi connectivity index (χ3v) is 7.80. The number of imide groups is 1. The van der Waals surface area contributed by atoms with E-state index in [-0.39, 0.29) is 54.3 Å². The molecule has 6 nitrogen and oxygen atoms in total. The van der Waals surface area contributed by atoms with Crippen LogP contribution in [0.1, 0.15) is 42.5 Å². The Kier molecular flexibility index (Phi) is 5.66. The number of ether oxygens (including phenoxy) is 1. The first-order chi connectivity index (χ1) is 15.5. The largest absolute Gasteiger partial charge is 0.457 e. The van der Waals surface area contributed by atoms with Crippen LogP contribution < -0.4 is 0 Å². The van der Waals surface area contributed by atoms with Crippen molar-refractivity contribution in [2.24, 2.45) is 35.5 Å². The van der Waals surface area contributed by atoms with Gasteiger partial charge in [-0.1, -0.05) is 30.2 Å². The van der Waals surface area contributed by atoms with Gasteiger partial charge in [-0.15, -0.1) is 0 Å². The van der Waals surface area contributed by atoms with Crippen molar-refractivity contribution in [1.29, 1.82) is 0 Å². The van der Waals surface area contributed by atoms with Crippen LogP contribution in [0, 0.1) is 35.5 Å². The van der Waals surface area contributed by atoms with Gasteiger partial charge in [-0.05, 0) is 67.2 Å². The van der Waals surface area contributed by atoms with Crippen molar-refractivity contribution in [1.82, 2.24) is 4.90 Å². The quantitative estimate of drug-likeness (QED) is 0.186. The van der Waals surface area contributed by atoms with Gasteiger partial charge in [-0.2, -0.15) is 0 Å². The number of likely N-dealkylation sites (tertiary alicyclic amines) is 1. The molecule has 4 aliphatic carbocycles. The van der Waals surface area contributed by atoms with Gasteiger partial charge in [-0.25, -0.2) is 0 Å². The maximum atomic E-state index is 12.9. The first-order valence-electron chi connectivity index (χ1n) is 11.4. The standard InChI is InChI=1S/C25H26ClNO5/c26-15-7-5-14(6-8-15)20(28)13-32-21(29)4-2-1-3-11-27-24(30)22-16-9-10-17(19-12-18(16)19)23(22)25(27)31/h5-10,16-19,22-23H,1-4,11-13H2/t16-,17-,18-,19-,22-,23+/m0/s1. The second-order valence-corrected chi connectivity index (χ2v) is 9.82. The van der Waals surface area contributed by atoms with Gasteiger partial charge in [0.1, 0.15) is 0 Å². The smallest absolute Gasteiger partial charge is 0.306 e. The number of allylic oxidation sites excluding steroid dienone is 2. The van der Waals surface area contributed by atoms with Crippen molar-refractivity contribution in [3.8, 4) is 0 Å². The highest BCUT2D eigenvalue weighted by atomic mass is 35.5. The Morgan fingerprint density at radius 2 is 1.56 bits per heavy atom. The van der Waals surface area contributed by atoms with E-state index in [1.54, 1.807) is 24.3 Å². The second-order valence-electron chi connectivity index (χ2n) is 9.38. The highest BCUT2D eigenvalue weighted by molar-refractivity contribution is 6.30. The molecule has 168 valence electrons. The number of hydrogen-bond acceptors (Lipinski definition) is 5. The van der Waals surface area contributed by atoms with E-state index in [9.17, 15) is 19.2 Å². The first kappa shape index (κ1) is 21.4. The molecule has 0 spiro atoms. The number of ketones is 1. The van der Waals surface area contributed by atoms with E-state index in [1.165, 1.54) is 4.90 Å². The van der Waals surface area contributed by atoms with E-state index in [1.807, 2.05) is 0 Å². The number of rotatable bonds is 9. The summed E-state index contributed by atoms with van der Waals surface area (Å²) >= 11 is 5.80. The van der Waals surface area contributed by atoms with Gasteiger partial charge in [-0.3, -0.25) is 24.1 Å². The fraction of sp³-hybridized carbons (Fsp3) is 0.520. The zero-order valence-electron chi connectivity index (χ0n) is 17.7. The molecular formula is C25H26ClNO5. The van der Waals surface area contributed by atoms with E-state index in [2.05, 4.69) is 12.2 Å².